The van der Waals surface area contributed by atoms with Crippen LogP contribution < -0.4 is 18.9 Å². The normalized spacial score (nSPS) is 23.1. The van der Waals surface area contributed by atoms with Crippen molar-refractivity contribution >= 4 is 0 Å². The minimum atomic E-state index is -0.678. The van der Waals surface area contributed by atoms with Crippen molar-refractivity contribution in [2.24, 2.45) is 0 Å². The fourth-order valence-electron chi connectivity index (χ4n) is 6.67. The molecule has 264 valence electrons. The molecule has 3 aliphatic rings. The van der Waals surface area contributed by atoms with Gasteiger partial charge in [0.2, 0.25) is 5.79 Å². The lowest BCUT2D eigenvalue weighted by Gasteiger charge is -2.44. The highest BCUT2D eigenvalue weighted by molar-refractivity contribution is 5.43. The lowest BCUT2D eigenvalue weighted by Crippen LogP contribution is -2.54. The molecule has 0 N–H and O–H groups in total. The van der Waals surface area contributed by atoms with Crippen molar-refractivity contribution in [1.29, 1.82) is 0 Å². The maximum atomic E-state index is 6.28. The molecule has 0 spiro atoms. The average molecular weight is 679 g/mol. The van der Waals surface area contributed by atoms with Gasteiger partial charge >= 0.3 is 0 Å². The number of ether oxygens (including phenoxy) is 7. The van der Waals surface area contributed by atoms with Crippen molar-refractivity contribution in [3.05, 3.63) is 119 Å². The Balaban J connectivity index is 0.870. The Hall–Kier alpha value is -4.04. The van der Waals surface area contributed by atoms with E-state index in [4.69, 9.17) is 33.2 Å². The van der Waals surface area contributed by atoms with E-state index < -0.39 is 5.79 Å². The first-order valence-electron chi connectivity index (χ1n) is 17.8. The standard InChI is InChI=1S/C43H50O7/c1-40(2,31-12-20-35(21-13-31)48-42(5,6)39-28-47-39)29-8-16-33(17-9-29)44-25-37-24-43(7,50-37)49-36-22-14-32(15-23-36)41(3,4)30-10-18-34(19-11-30)45-26-38-27-46-38/h8-23,37-39H,24-28H2,1-7H3. The molecule has 4 aromatic rings. The van der Waals surface area contributed by atoms with Crippen LogP contribution in [0.3, 0.4) is 0 Å². The van der Waals surface area contributed by atoms with E-state index in [1.165, 1.54) is 22.3 Å². The minimum Gasteiger partial charge on any atom is -0.491 e. The molecule has 3 fully saturated rings. The van der Waals surface area contributed by atoms with Crippen LogP contribution in [0.2, 0.25) is 0 Å². The summed E-state index contributed by atoms with van der Waals surface area (Å²) in [7, 11) is 0. The molecule has 3 aliphatic heterocycles. The molecule has 3 heterocycles. The third kappa shape index (κ3) is 7.80. The summed E-state index contributed by atoms with van der Waals surface area (Å²) in [5.74, 6) is 2.66. The Kier molecular flexibility index (Phi) is 9.12. The second-order valence-electron chi connectivity index (χ2n) is 15.6. The summed E-state index contributed by atoms with van der Waals surface area (Å²) in [6.45, 7) is 17.7. The summed E-state index contributed by atoms with van der Waals surface area (Å²) in [6.07, 6.45) is 1.13. The highest BCUT2D eigenvalue weighted by atomic mass is 16.7. The fourth-order valence-corrected chi connectivity index (χ4v) is 6.67. The van der Waals surface area contributed by atoms with Crippen molar-refractivity contribution in [2.75, 3.05) is 26.4 Å². The van der Waals surface area contributed by atoms with E-state index in [1.807, 2.05) is 43.3 Å². The van der Waals surface area contributed by atoms with E-state index in [2.05, 4.69) is 102 Å². The van der Waals surface area contributed by atoms with Crippen LogP contribution in [0, 0.1) is 0 Å². The van der Waals surface area contributed by atoms with Crippen molar-refractivity contribution in [1.82, 2.24) is 0 Å². The third-order valence-corrected chi connectivity index (χ3v) is 10.4. The first kappa shape index (κ1) is 34.4. The molecule has 7 nitrogen and oxygen atoms in total. The Morgan fingerprint density at radius 3 is 1.34 bits per heavy atom. The van der Waals surface area contributed by atoms with Gasteiger partial charge in [0, 0.05) is 24.2 Å². The zero-order valence-corrected chi connectivity index (χ0v) is 30.4. The average Bonchev–Trinajstić information content (AvgIpc) is 4.01. The molecule has 0 amide bonds. The Morgan fingerprint density at radius 2 is 0.940 bits per heavy atom. The molecule has 4 unspecified atom stereocenters. The molecule has 4 aromatic carbocycles. The van der Waals surface area contributed by atoms with Gasteiger partial charge in [-0.25, -0.2) is 0 Å². The molecular weight excluding hydrogens is 628 g/mol. The Labute approximate surface area is 296 Å². The zero-order valence-electron chi connectivity index (χ0n) is 30.4. The summed E-state index contributed by atoms with van der Waals surface area (Å²) < 4.78 is 41.3. The topological polar surface area (TPSA) is 71.2 Å². The van der Waals surface area contributed by atoms with Crippen molar-refractivity contribution < 1.29 is 33.2 Å². The van der Waals surface area contributed by atoms with Crippen molar-refractivity contribution in [2.45, 2.75) is 95.4 Å². The predicted molar refractivity (Wildman–Crippen MR) is 194 cm³/mol. The number of hydrogen-bond acceptors (Lipinski definition) is 7. The molecule has 0 radical (unpaired) electrons. The maximum Gasteiger partial charge on any atom is 0.210 e. The highest BCUT2D eigenvalue weighted by Gasteiger charge is 2.44. The van der Waals surface area contributed by atoms with Crippen LogP contribution in [0.15, 0.2) is 97.1 Å². The van der Waals surface area contributed by atoms with Crippen LogP contribution in [0.1, 0.15) is 77.1 Å². The summed E-state index contributed by atoms with van der Waals surface area (Å²) in [5, 5.41) is 0. The fraction of sp³-hybridized carbons (Fsp3) is 0.442. The predicted octanol–water partition coefficient (Wildman–Crippen LogP) is 8.64. The minimum absolute atomic E-state index is 0.0322. The number of benzene rings is 4. The Morgan fingerprint density at radius 1 is 0.560 bits per heavy atom. The molecule has 4 atom stereocenters. The van der Waals surface area contributed by atoms with Gasteiger partial charge in [-0.15, -0.1) is 0 Å². The van der Waals surface area contributed by atoms with Crippen molar-refractivity contribution in [3.63, 3.8) is 0 Å². The van der Waals surface area contributed by atoms with Gasteiger partial charge < -0.3 is 33.2 Å². The van der Waals surface area contributed by atoms with E-state index in [0.717, 1.165) is 42.6 Å². The SMILES string of the molecule is CC1(Oc2ccc(C(C)(C)c3ccc(OCC4CO4)cc3)cc2)CC(COc2ccc(C(C)(C)c3ccc(OC(C)(C)C4CO4)cc3)cc2)O1. The lowest BCUT2D eigenvalue weighted by atomic mass is 9.78. The van der Waals surface area contributed by atoms with Gasteiger partial charge in [0.1, 0.15) is 60.1 Å². The highest BCUT2D eigenvalue weighted by Crippen LogP contribution is 2.39. The van der Waals surface area contributed by atoms with E-state index in [9.17, 15) is 0 Å². The largest absolute Gasteiger partial charge is 0.491 e. The first-order chi connectivity index (χ1) is 23.8. The van der Waals surface area contributed by atoms with Crippen LogP contribution in [-0.4, -0.2) is 56.1 Å². The smallest absolute Gasteiger partial charge is 0.210 e. The van der Waals surface area contributed by atoms with Crippen molar-refractivity contribution in [3.8, 4) is 23.0 Å². The van der Waals surface area contributed by atoms with E-state index in [1.54, 1.807) is 0 Å². The summed E-state index contributed by atoms with van der Waals surface area (Å²) in [4.78, 5) is 0. The number of epoxide rings is 2. The van der Waals surface area contributed by atoms with E-state index in [0.29, 0.717) is 13.2 Å². The van der Waals surface area contributed by atoms with Gasteiger partial charge in [-0.05, 0) is 84.6 Å². The quantitative estimate of drug-likeness (QED) is 0.117. The van der Waals surface area contributed by atoms with Crippen LogP contribution in [-0.2, 0) is 25.0 Å². The molecule has 7 rings (SSSR count). The van der Waals surface area contributed by atoms with Gasteiger partial charge in [-0.3, -0.25) is 0 Å². The first-order valence-corrected chi connectivity index (χ1v) is 17.8. The summed E-state index contributed by atoms with van der Waals surface area (Å²) >= 11 is 0. The lowest BCUT2D eigenvalue weighted by molar-refractivity contribution is -0.299. The van der Waals surface area contributed by atoms with Gasteiger partial charge in [0.25, 0.3) is 0 Å². The van der Waals surface area contributed by atoms with Crippen LogP contribution in [0.25, 0.3) is 0 Å². The molecule has 7 heteroatoms. The molecule has 0 saturated carbocycles. The monoisotopic (exact) mass is 678 g/mol. The Bertz CT molecular complexity index is 1730. The third-order valence-electron chi connectivity index (χ3n) is 10.4. The second-order valence-corrected chi connectivity index (χ2v) is 15.6. The van der Waals surface area contributed by atoms with Crippen LogP contribution >= 0.6 is 0 Å². The number of hydrogen-bond donors (Lipinski definition) is 0. The van der Waals surface area contributed by atoms with Gasteiger partial charge in [-0.2, -0.15) is 0 Å². The molecule has 0 bridgehead atoms. The second kappa shape index (κ2) is 13.3. The summed E-state index contributed by atoms with van der Waals surface area (Å²) in [6, 6.07) is 33.4. The molecule has 0 aromatic heterocycles. The van der Waals surface area contributed by atoms with E-state index >= 15 is 0 Å². The number of rotatable bonds is 15. The molecule has 0 aliphatic carbocycles. The van der Waals surface area contributed by atoms with Crippen LogP contribution in [0.4, 0.5) is 0 Å². The summed E-state index contributed by atoms with van der Waals surface area (Å²) in [5.41, 5.74) is 4.17. The maximum absolute atomic E-state index is 6.28. The zero-order chi connectivity index (χ0) is 35.1. The van der Waals surface area contributed by atoms with Gasteiger partial charge in [0.05, 0.1) is 13.2 Å². The molecular formula is C43H50O7. The van der Waals surface area contributed by atoms with Gasteiger partial charge in [-0.1, -0.05) is 76.2 Å². The van der Waals surface area contributed by atoms with Crippen LogP contribution in [0.5, 0.6) is 23.0 Å². The molecule has 3 saturated heterocycles. The van der Waals surface area contributed by atoms with Gasteiger partial charge in [0.15, 0.2) is 0 Å². The molecule has 50 heavy (non-hydrogen) atoms. The van der Waals surface area contributed by atoms with E-state index in [-0.39, 0.29) is 34.7 Å².